The first kappa shape index (κ1) is 13.9. The highest BCUT2D eigenvalue weighted by Gasteiger charge is 2.15. The molecule has 0 amide bonds. The minimum Gasteiger partial charge on any atom is -0.397 e. The molecule has 19 heavy (non-hydrogen) atoms. The van der Waals surface area contributed by atoms with Gasteiger partial charge in [-0.1, -0.05) is 40.9 Å². The number of rotatable bonds is 2. The Morgan fingerprint density at radius 2 is 1.79 bits per heavy atom. The molecule has 0 aliphatic heterocycles. The van der Waals surface area contributed by atoms with Gasteiger partial charge < -0.3 is 5.73 Å². The van der Waals surface area contributed by atoms with Gasteiger partial charge in [-0.25, -0.2) is 0 Å². The molecule has 2 aromatic rings. The van der Waals surface area contributed by atoms with Crippen molar-refractivity contribution in [3.63, 3.8) is 0 Å². The summed E-state index contributed by atoms with van der Waals surface area (Å²) >= 11 is 11.8. The molecule has 4 heteroatoms. The molecule has 2 aromatic carbocycles. The quantitative estimate of drug-likeness (QED) is 0.658. The molecule has 0 bridgehead atoms. The van der Waals surface area contributed by atoms with Crippen molar-refractivity contribution in [2.75, 3.05) is 5.73 Å². The van der Waals surface area contributed by atoms with Crippen LogP contribution in [0.5, 0.6) is 0 Å². The number of carbonyl (C=O) groups excluding carboxylic acids is 1. The Labute approximate surface area is 122 Å². The van der Waals surface area contributed by atoms with Crippen molar-refractivity contribution in [2.24, 2.45) is 0 Å². The van der Waals surface area contributed by atoms with Crippen LogP contribution < -0.4 is 5.73 Å². The predicted molar refractivity (Wildman–Crippen MR) is 80.2 cm³/mol. The average Bonchev–Trinajstić information content (AvgIpc) is 2.37. The van der Waals surface area contributed by atoms with E-state index < -0.39 is 0 Å². The standard InChI is InChI=1S/C15H13Cl2NO/c1-8-3-4-9(2)11(5-8)15(19)10-6-12(16)14(17)13(18)7-10/h3-7H,18H2,1-2H3. The summed E-state index contributed by atoms with van der Waals surface area (Å²) in [6, 6.07) is 8.85. The smallest absolute Gasteiger partial charge is 0.193 e. The van der Waals surface area contributed by atoms with E-state index in [-0.39, 0.29) is 15.8 Å². The second-order valence-electron chi connectivity index (χ2n) is 4.51. The van der Waals surface area contributed by atoms with Crippen molar-refractivity contribution in [1.82, 2.24) is 0 Å². The normalized spacial score (nSPS) is 10.5. The maximum atomic E-state index is 12.5. The highest BCUT2D eigenvalue weighted by molar-refractivity contribution is 6.44. The number of halogens is 2. The lowest BCUT2D eigenvalue weighted by Crippen LogP contribution is -2.05. The van der Waals surface area contributed by atoms with Gasteiger partial charge in [-0.15, -0.1) is 0 Å². The summed E-state index contributed by atoms with van der Waals surface area (Å²) in [5.74, 6) is -0.105. The zero-order chi connectivity index (χ0) is 14.2. The predicted octanol–water partition coefficient (Wildman–Crippen LogP) is 4.42. The van der Waals surface area contributed by atoms with Gasteiger partial charge >= 0.3 is 0 Å². The molecule has 0 unspecified atom stereocenters. The van der Waals surface area contributed by atoms with Crippen molar-refractivity contribution >= 4 is 34.7 Å². The topological polar surface area (TPSA) is 43.1 Å². The van der Waals surface area contributed by atoms with E-state index in [4.69, 9.17) is 28.9 Å². The van der Waals surface area contributed by atoms with Crippen molar-refractivity contribution in [3.05, 3.63) is 62.6 Å². The van der Waals surface area contributed by atoms with Gasteiger partial charge in [-0.2, -0.15) is 0 Å². The van der Waals surface area contributed by atoms with E-state index in [0.29, 0.717) is 16.8 Å². The van der Waals surface area contributed by atoms with Crippen LogP contribution in [-0.2, 0) is 0 Å². The van der Waals surface area contributed by atoms with Crippen LogP contribution in [0, 0.1) is 13.8 Å². The Hall–Kier alpha value is -1.51. The maximum Gasteiger partial charge on any atom is 0.193 e. The van der Waals surface area contributed by atoms with Gasteiger partial charge in [0.05, 0.1) is 15.7 Å². The third-order valence-corrected chi connectivity index (χ3v) is 3.77. The van der Waals surface area contributed by atoms with Crippen LogP contribution in [0.1, 0.15) is 27.0 Å². The summed E-state index contributed by atoms with van der Waals surface area (Å²) in [7, 11) is 0. The number of hydrogen-bond acceptors (Lipinski definition) is 2. The van der Waals surface area contributed by atoms with E-state index in [0.717, 1.165) is 11.1 Å². The van der Waals surface area contributed by atoms with Crippen molar-refractivity contribution in [1.29, 1.82) is 0 Å². The molecule has 2 N–H and O–H groups in total. The summed E-state index contributed by atoms with van der Waals surface area (Å²) in [4.78, 5) is 12.5. The lowest BCUT2D eigenvalue weighted by Gasteiger charge is -2.09. The summed E-state index contributed by atoms with van der Waals surface area (Å²) in [5.41, 5.74) is 9.09. The zero-order valence-corrected chi connectivity index (χ0v) is 12.1. The fraction of sp³-hybridized carbons (Fsp3) is 0.133. The largest absolute Gasteiger partial charge is 0.397 e. The Bertz CT molecular complexity index is 642. The summed E-state index contributed by atoms with van der Waals surface area (Å²) < 4.78 is 0. The highest BCUT2D eigenvalue weighted by atomic mass is 35.5. The first-order chi connectivity index (χ1) is 8.90. The van der Waals surface area contributed by atoms with Gasteiger partial charge in [0.25, 0.3) is 0 Å². The Morgan fingerprint density at radius 3 is 2.42 bits per heavy atom. The highest BCUT2D eigenvalue weighted by Crippen LogP contribution is 2.30. The fourth-order valence-corrected chi connectivity index (χ4v) is 2.21. The Morgan fingerprint density at radius 1 is 1.11 bits per heavy atom. The second kappa shape index (κ2) is 5.24. The molecule has 0 aliphatic rings. The van der Waals surface area contributed by atoms with Gasteiger partial charge in [0.2, 0.25) is 0 Å². The molecule has 0 spiro atoms. The summed E-state index contributed by atoms with van der Waals surface area (Å²) in [6.07, 6.45) is 0. The van der Waals surface area contributed by atoms with Gasteiger partial charge in [-0.3, -0.25) is 4.79 Å². The number of carbonyl (C=O) groups is 1. The van der Waals surface area contributed by atoms with E-state index >= 15 is 0 Å². The molecule has 0 saturated heterocycles. The van der Waals surface area contributed by atoms with Gasteiger partial charge in [-0.05, 0) is 37.6 Å². The van der Waals surface area contributed by atoms with Crippen molar-refractivity contribution in [3.8, 4) is 0 Å². The summed E-state index contributed by atoms with van der Waals surface area (Å²) in [6.45, 7) is 3.84. The van der Waals surface area contributed by atoms with Crippen LogP contribution in [0.15, 0.2) is 30.3 Å². The van der Waals surface area contributed by atoms with E-state index in [9.17, 15) is 4.79 Å². The van der Waals surface area contributed by atoms with E-state index in [1.807, 2.05) is 32.0 Å². The molecular weight excluding hydrogens is 281 g/mol. The van der Waals surface area contributed by atoms with E-state index in [1.54, 1.807) is 12.1 Å². The monoisotopic (exact) mass is 293 g/mol. The zero-order valence-electron chi connectivity index (χ0n) is 10.6. The SMILES string of the molecule is Cc1ccc(C)c(C(=O)c2cc(N)c(Cl)c(Cl)c2)c1. The number of nitrogens with two attached hydrogens (primary N) is 1. The maximum absolute atomic E-state index is 12.5. The minimum atomic E-state index is -0.105. The third kappa shape index (κ3) is 2.75. The first-order valence-electron chi connectivity index (χ1n) is 5.76. The van der Waals surface area contributed by atoms with Crippen molar-refractivity contribution < 1.29 is 4.79 Å². The number of nitrogen functional groups attached to an aromatic ring is 1. The van der Waals surface area contributed by atoms with Crippen LogP contribution in [-0.4, -0.2) is 5.78 Å². The van der Waals surface area contributed by atoms with Crippen LogP contribution in [0.25, 0.3) is 0 Å². The lowest BCUT2D eigenvalue weighted by atomic mass is 9.97. The number of hydrogen-bond donors (Lipinski definition) is 1. The van der Waals surface area contributed by atoms with Crippen LogP contribution >= 0.6 is 23.2 Å². The molecule has 0 fully saturated rings. The van der Waals surface area contributed by atoms with E-state index in [1.165, 1.54) is 0 Å². The second-order valence-corrected chi connectivity index (χ2v) is 5.29. The molecule has 0 aliphatic carbocycles. The van der Waals surface area contributed by atoms with Crippen LogP contribution in [0.2, 0.25) is 10.0 Å². The molecule has 0 radical (unpaired) electrons. The third-order valence-electron chi connectivity index (χ3n) is 2.96. The number of benzene rings is 2. The number of aryl methyl sites for hydroxylation is 2. The Kier molecular flexibility index (Phi) is 3.83. The Balaban J connectivity index is 2.53. The molecule has 0 atom stereocenters. The van der Waals surface area contributed by atoms with Crippen LogP contribution in [0.4, 0.5) is 5.69 Å². The summed E-state index contributed by atoms with van der Waals surface area (Å²) in [5, 5.41) is 0.564. The minimum absolute atomic E-state index is 0.105. The molecule has 2 rings (SSSR count). The molecule has 0 aromatic heterocycles. The number of ketones is 1. The van der Waals surface area contributed by atoms with Gasteiger partial charge in [0.15, 0.2) is 5.78 Å². The van der Waals surface area contributed by atoms with Crippen LogP contribution in [0.3, 0.4) is 0 Å². The molecule has 2 nitrogen and oxygen atoms in total. The fourth-order valence-electron chi connectivity index (χ4n) is 1.88. The van der Waals surface area contributed by atoms with Gasteiger partial charge in [0.1, 0.15) is 0 Å². The lowest BCUT2D eigenvalue weighted by molar-refractivity contribution is 0.103. The average molecular weight is 294 g/mol. The first-order valence-corrected chi connectivity index (χ1v) is 6.52. The molecular formula is C15H13Cl2NO. The molecule has 98 valence electrons. The number of anilines is 1. The van der Waals surface area contributed by atoms with Gasteiger partial charge in [0, 0.05) is 11.1 Å². The molecule has 0 heterocycles. The van der Waals surface area contributed by atoms with E-state index in [2.05, 4.69) is 0 Å². The molecule has 0 saturated carbocycles. The van der Waals surface area contributed by atoms with Crippen molar-refractivity contribution in [2.45, 2.75) is 13.8 Å².